The Balaban J connectivity index is 2.22. The lowest BCUT2D eigenvalue weighted by atomic mass is 10.2. The highest BCUT2D eigenvalue weighted by atomic mass is 79.9. The normalized spacial score (nSPS) is 12.4. The molecule has 2 nitrogen and oxygen atoms in total. The van der Waals surface area contributed by atoms with Crippen LogP contribution in [-0.2, 0) is 0 Å². The van der Waals surface area contributed by atoms with Crippen molar-refractivity contribution < 1.29 is 5.11 Å². The number of hydrogen-bond donors (Lipinski definition) is 2. The van der Waals surface area contributed by atoms with Crippen LogP contribution in [0.4, 0.5) is 5.69 Å². The van der Waals surface area contributed by atoms with Crippen molar-refractivity contribution in [3.05, 3.63) is 49.0 Å². The van der Waals surface area contributed by atoms with Crippen LogP contribution in [0.1, 0.15) is 15.8 Å². The summed E-state index contributed by atoms with van der Waals surface area (Å²) in [5, 5.41) is 12.9. The zero-order valence-electron chi connectivity index (χ0n) is 9.78. The molecule has 0 spiro atoms. The van der Waals surface area contributed by atoms with Gasteiger partial charge in [-0.2, -0.15) is 0 Å². The Hall–Kier alpha value is -0.360. The molecule has 18 heavy (non-hydrogen) atoms. The number of aliphatic hydroxyl groups excluding tert-OH is 1. The molecule has 0 saturated heterocycles. The predicted octanol–water partition coefficient (Wildman–Crippen LogP) is 4.73. The van der Waals surface area contributed by atoms with Crippen molar-refractivity contribution in [2.75, 3.05) is 11.9 Å². The van der Waals surface area contributed by atoms with Crippen molar-refractivity contribution >= 4 is 48.9 Å². The molecule has 0 fully saturated rings. The molecular weight excluding hydrogens is 378 g/mol. The van der Waals surface area contributed by atoms with E-state index >= 15 is 0 Å². The first-order chi connectivity index (χ1) is 8.61. The maximum absolute atomic E-state index is 9.55. The first-order valence-electron chi connectivity index (χ1n) is 5.49. The van der Waals surface area contributed by atoms with Crippen LogP contribution in [0.3, 0.4) is 0 Å². The molecular formula is C13H13Br2NOS. The van der Waals surface area contributed by atoms with Gasteiger partial charge in [-0.15, -0.1) is 11.3 Å². The standard InChI is InChI=1S/C13H13Br2NOS/c1-8-10(15)6-13(18-8)12(7-17)16-11-5-3-2-4-9(11)14/h2-6,12,16-17H,7H2,1H3. The number of hydrogen-bond acceptors (Lipinski definition) is 3. The molecule has 0 radical (unpaired) electrons. The van der Waals surface area contributed by atoms with Crippen molar-refractivity contribution in [1.82, 2.24) is 0 Å². The molecule has 1 unspecified atom stereocenters. The van der Waals surface area contributed by atoms with E-state index in [1.165, 1.54) is 4.88 Å². The van der Waals surface area contributed by atoms with E-state index in [0.717, 1.165) is 19.5 Å². The fraction of sp³-hybridized carbons (Fsp3) is 0.231. The van der Waals surface area contributed by atoms with Gasteiger partial charge in [0.2, 0.25) is 0 Å². The molecule has 1 atom stereocenters. The highest BCUT2D eigenvalue weighted by Crippen LogP contribution is 2.33. The van der Waals surface area contributed by atoms with Crippen LogP contribution in [0.25, 0.3) is 0 Å². The van der Waals surface area contributed by atoms with Crippen LogP contribution in [-0.4, -0.2) is 11.7 Å². The maximum Gasteiger partial charge on any atom is 0.0838 e. The van der Waals surface area contributed by atoms with E-state index in [0.29, 0.717) is 0 Å². The number of para-hydroxylation sites is 1. The van der Waals surface area contributed by atoms with Gasteiger partial charge in [-0.25, -0.2) is 0 Å². The van der Waals surface area contributed by atoms with Gasteiger partial charge in [-0.1, -0.05) is 12.1 Å². The fourth-order valence-electron chi connectivity index (χ4n) is 1.63. The van der Waals surface area contributed by atoms with Crippen LogP contribution in [0.5, 0.6) is 0 Å². The molecule has 2 aromatic rings. The van der Waals surface area contributed by atoms with Gasteiger partial charge in [0, 0.05) is 24.4 Å². The summed E-state index contributed by atoms with van der Waals surface area (Å²) in [4.78, 5) is 2.34. The van der Waals surface area contributed by atoms with E-state index in [1.54, 1.807) is 11.3 Å². The number of benzene rings is 1. The Kier molecular flexibility index (Phi) is 4.84. The molecule has 0 aliphatic heterocycles. The minimum Gasteiger partial charge on any atom is -0.394 e. The van der Waals surface area contributed by atoms with Gasteiger partial charge in [-0.3, -0.25) is 0 Å². The Bertz CT molecular complexity index is 522. The summed E-state index contributed by atoms with van der Waals surface area (Å²) in [5.41, 5.74) is 0.985. The molecule has 1 aromatic heterocycles. The molecule has 0 bridgehead atoms. The first-order valence-corrected chi connectivity index (χ1v) is 7.90. The van der Waals surface area contributed by atoms with E-state index in [1.807, 2.05) is 24.3 Å². The third kappa shape index (κ3) is 3.15. The molecule has 0 aliphatic carbocycles. The van der Waals surface area contributed by atoms with Crippen molar-refractivity contribution in [2.24, 2.45) is 0 Å². The molecule has 1 aromatic carbocycles. The Morgan fingerprint density at radius 2 is 2.00 bits per heavy atom. The monoisotopic (exact) mass is 389 g/mol. The summed E-state index contributed by atoms with van der Waals surface area (Å²) in [7, 11) is 0. The maximum atomic E-state index is 9.55. The zero-order valence-corrected chi connectivity index (χ0v) is 13.8. The van der Waals surface area contributed by atoms with Crippen LogP contribution in [0, 0.1) is 6.92 Å². The summed E-state index contributed by atoms with van der Waals surface area (Å²) >= 11 is 8.69. The third-order valence-electron chi connectivity index (χ3n) is 2.61. The fourth-order valence-corrected chi connectivity index (χ4v) is 3.63. The van der Waals surface area contributed by atoms with Crippen molar-refractivity contribution in [3.63, 3.8) is 0 Å². The number of nitrogens with one attached hydrogen (secondary N) is 1. The van der Waals surface area contributed by atoms with E-state index in [2.05, 4.69) is 50.2 Å². The molecule has 5 heteroatoms. The number of aliphatic hydroxyl groups is 1. The Morgan fingerprint density at radius 1 is 1.28 bits per heavy atom. The molecule has 1 heterocycles. The smallest absolute Gasteiger partial charge is 0.0838 e. The van der Waals surface area contributed by atoms with Crippen LogP contribution in [0.15, 0.2) is 39.3 Å². The molecule has 2 rings (SSSR count). The third-order valence-corrected chi connectivity index (χ3v) is 5.55. The van der Waals surface area contributed by atoms with Crippen LogP contribution < -0.4 is 5.32 Å². The quantitative estimate of drug-likeness (QED) is 0.790. The van der Waals surface area contributed by atoms with Gasteiger partial charge in [-0.05, 0) is 57.0 Å². The SMILES string of the molecule is Cc1sc(C(CO)Nc2ccccc2Br)cc1Br. The topological polar surface area (TPSA) is 32.3 Å². The van der Waals surface area contributed by atoms with Gasteiger partial charge in [0.15, 0.2) is 0 Å². The van der Waals surface area contributed by atoms with Gasteiger partial charge in [0.1, 0.15) is 0 Å². The summed E-state index contributed by atoms with van der Waals surface area (Å²) in [6.07, 6.45) is 0. The minimum atomic E-state index is -0.0845. The highest BCUT2D eigenvalue weighted by molar-refractivity contribution is 9.11. The van der Waals surface area contributed by atoms with Crippen LogP contribution >= 0.6 is 43.2 Å². The largest absolute Gasteiger partial charge is 0.394 e. The number of aryl methyl sites for hydroxylation is 1. The molecule has 0 saturated carbocycles. The lowest BCUT2D eigenvalue weighted by Crippen LogP contribution is -2.13. The summed E-state index contributed by atoms with van der Waals surface area (Å²) in [6, 6.07) is 9.88. The van der Waals surface area contributed by atoms with E-state index in [-0.39, 0.29) is 12.6 Å². The Labute approximate surface area is 127 Å². The van der Waals surface area contributed by atoms with Gasteiger partial charge >= 0.3 is 0 Å². The van der Waals surface area contributed by atoms with Gasteiger partial charge in [0.25, 0.3) is 0 Å². The number of anilines is 1. The lowest BCUT2D eigenvalue weighted by molar-refractivity contribution is 0.277. The number of halogens is 2. The zero-order chi connectivity index (χ0) is 13.1. The molecule has 0 amide bonds. The highest BCUT2D eigenvalue weighted by Gasteiger charge is 2.15. The van der Waals surface area contributed by atoms with Gasteiger partial charge < -0.3 is 10.4 Å². The second-order valence-electron chi connectivity index (χ2n) is 3.91. The van der Waals surface area contributed by atoms with E-state index in [9.17, 15) is 5.11 Å². The first kappa shape index (κ1) is 14.1. The number of rotatable bonds is 4. The van der Waals surface area contributed by atoms with E-state index < -0.39 is 0 Å². The second-order valence-corrected chi connectivity index (χ2v) is 6.91. The molecule has 0 aliphatic rings. The Morgan fingerprint density at radius 3 is 2.56 bits per heavy atom. The summed E-state index contributed by atoms with van der Waals surface area (Å²) < 4.78 is 2.09. The summed E-state index contributed by atoms with van der Waals surface area (Å²) in [6.45, 7) is 2.12. The number of thiophene rings is 1. The van der Waals surface area contributed by atoms with Crippen molar-refractivity contribution in [1.29, 1.82) is 0 Å². The van der Waals surface area contributed by atoms with Gasteiger partial charge in [0.05, 0.1) is 12.6 Å². The molecule has 96 valence electrons. The minimum absolute atomic E-state index is 0.0632. The lowest BCUT2D eigenvalue weighted by Gasteiger charge is -2.17. The average molecular weight is 391 g/mol. The summed E-state index contributed by atoms with van der Waals surface area (Å²) in [5.74, 6) is 0. The predicted molar refractivity (Wildman–Crippen MR) is 84.3 cm³/mol. The second kappa shape index (κ2) is 6.19. The van der Waals surface area contributed by atoms with E-state index in [4.69, 9.17) is 0 Å². The van der Waals surface area contributed by atoms with Crippen LogP contribution in [0.2, 0.25) is 0 Å². The molecule has 2 N–H and O–H groups in total. The van der Waals surface area contributed by atoms with Crippen molar-refractivity contribution in [3.8, 4) is 0 Å². The average Bonchev–Trinajstić information content (AvgIpc) is 2.68. The van der Waals surface area contributed by atoms with Crippen molar-refractivity contribution in [2.45, 2.75) is 13.0 Å².